The molecule has 1 N–H and O–H groups in total. The van der Waals surface area contributed by atoms with E-state index in [0.29, 0.717) is 49.2 Å². The van der Waals surface area contributed by atoms with Crippen molar-refractivity contribution in [3.05, 3.63) is 92.9 Å². The molecule has 1 heterocycles. The Morgan fingerprint density at radius 3 is 2.13 bits per heavy atom. The van der Waals surface area contributed by atoms with Crippen molar-refractivity contribution >= 4 is 52.2 Å². The van der Waals surface area contributed by atoms with Crippen LogP contribution < -0.4 is 5.32 Å². The summed E-state index contributed by atoms with van der Waals surface area (Å²) in [6.45, 7) is 0. The van der Waals surface area contributed by atoms with Crippen LogP contribution in [-0.4, -0.2) is 15.8 Å². The van der Waals surface area contributed by atoms with Crippen LogP contribution in [0.25, 0.3) is 22.5 Å². The third-order valence-corrected chi connectivity index (χ3v) is 5.66. The first-order chi connectivity index (χ1) is 14.5. The fraction of sp³-hybridized carbons (Fsp3) is 0. The number of aromatic nitrogens is 2. The lowest BCUT2D eigenvalue weighted by Crippen LogP contribution is -2.05. The summed E-state index contributed by atoms with van der Waals surface area (Å²) in [5.74, 6) is 0.231. The molecule has 0 spiro atoms. The number of nitrogens with zero attached hydrogens (tertiary/aromatic N) is 2. The molecule has 4 aromatic rings. The number of carbonyl (C=O) groups is 1. The first-order valence-corrected chi connectivity index (χ1v) is 10.2. The number of rotatable bonds is 3. The number of fused-ring (bicyclic) bond motifs is 3. The molecule has 4 nitrogen and oxygen atoms in total. The molecule has 7 heteroatoms. The number of nitrogens with one attached hydrogen (secondary N) is 1. The lowest BCUT2D eigenvalue weighted by Gasteiger charge is -2.12. The molecule has 0 radical (unpaired) electrons. The Morgan fingerprint density at radius 1 is 0.733 bits per heavy atom. The SMILES string of the molecule is O=C1c2ccccc2-c2nc(Nc3ccc(Cl)cc3Cl)nc(-c3ccc(Cl)cc3)c21. The predicted molar refractivity (Wildman–Crippen MR) is 121 cm³/mol. The van der Waals surface area contributed by atoms with Gasteiger partial charge in [-0.1, -0.05) is 71.2 Å². The second-order valence-corrected chi connectivity index (χ2v) is 8.03. The summed E-state index contributed by atoms with van der Waals surface area (Å²) in [5.41, 5.74) is 4.36. The zero-order chi connectivity index (χ0) is 20.8. The Hall–Kier alpha value is -2.92. The lowest BCUT2D eigenvalue weighted by molar-refractivity contribution is 0.104. The van der Waals surface area contributed by atoms with Gasteiger partial charge in [-0.15, -0.1) is 0 Å². The van der Waals surface area contributed by atoms with Gasteiger partial charge >= 0.3 is 0 Å². The normalized spacial score (nSPS) is 11.9. The smallest absolute Gasteiger partial charge is 0.228 e. The number of carbonyl (C=O) groups excluding carboxylic acids is 1. The van der Waals surface area contributed by atoms with Crippen LogP contribution in [0.1, 0.15) is 15.9 Å². The van der Waals surface area contributed by atoms with Gasteiger partial charge in [-0.2, -0.15) is 0 Å². The van der Waals surface area contributed by atoms with Crippen LogP contribution >= 0.6 is 34.8 Å². The fourth-order valence-electron chi connectivity index (χ4n) is 3.48. The monoisotopic (exact) mass is 451 g/mol. The number of hydrogen-bond acceptors (Lipinski definition) is 4. The van der Waals surface area contributed by atoms with Crippen LogP contribution in [0.4, 0.5) is 11.6 Å². The van der Waals surface area contributed by atoms with Crippen LogP contribution in [0.2, 0.25) is 15.1 Å². The third-order valence-electron chi connectivity index (χ3n) is 4.86. The van der Waals surface area contributed by atoms with E-state index in [0.717, 1.165) is 11.1 Å². The number of hydrogen-bond donors (Lipinski definition) is 1. The van der Waals surface area contributed by atoms with Crippen molar-refractivity contribution in [1.82, 2.24) is 9.97 Å². The van der Waals surface area contributed by atoms with Crippen molar-refractivity contribution < 1.29 is 4.79 Å². The number of anilines is 2. The van der Waals surface area contributed by atoms with Crippen LogP contribution in [0.5, 0.6) is 0 Å². The van der Waals surface area contributed by atoms with E-state index in [2.05, 4.69) is 15.3 Å². The summed E-state index contributed by atoms with van der Waals surface area (Å²) in [4.78, 5) is 22.5. The second-order valence-electron chi connectivity index (χ2n) is 6.75. The van der Waals surface area contributed by atoms with E-state index in [1.54, 1.807) is 36.4 Å². The van der Waals surface area contributed by atoms with Gasteiger partial charge < -0.3 is 5.32 Å². The van der Waals surface area contributed by atoms with Crippen LogP contribution in [0.15, 0.2) is 66.7 Å². The highest BCUT2D eigenvalue weighted by atomic mass is 35.5. The molecule has 0 atom stereocenters. The van der Waals surface area contributed by atoms with Crippen molar-refractivity contribution in [2.45, 2.75) is 0 Å². The minimum atomic E-state index is -0.0957. The van der Waals surface area contributed by atoms with Gasteiger partial charge in [0.2, 0.25) is 5.95 Å². The Morgan fingerprint density at radius 2 is 1.40 bits per heavy atom. The van der Waals surface area contributed by atoms with E-state index >= 15 is 0 Å². The van der Waals surface area contributed by atoms with Gasteiger partial charge in [-0.05, 0) is 30.3 Å². The van der Waals surface area contributed by atoms with Gasteiger partial charge in [-0.3, -0.25) is 4.79 Å². The highest BCUT2D eigenvalue weighted by Gasteiger charge is 2.32. The van der Waals surface area contributed by atoms with E-state index < -0.39 is 0 Å². The molecule has 1 aliphatic rings. The van der Waals surface area contributed by atoms with Gasteiger partial charge in [0.1, 0.15) is 0 Å². The van der Waals surface area contributed by atoms with E-state index in [1.165, 1.54) is 0 Å². The third kappa shape index (κ3) is 3.23. The molecule has 0 amide bonds. The summed E-state index contributed by atoms with van der Waals surface area (Å²) in [5, 5.41) is 4.72. The van der Waals surface area contributed by atoms with Gasteiger partial charge in [-0.25, -0.2) is 9.97 Å². The van der Waals surface area contributed by atoms with E-state index in [4.69, 9.17) is 34.8 Å². The Balaban J connectivity index is 1.71. The zero-order valence-corrected chi connectivity index (χ0v) is 17.6. The fourth-order valence-corrected chi connectivity index (χ4v) is 4.06. The number of halogens is 3. The van der Waals surface area contributed by atoms with Crippen LogP contribution in [-0.2, 0) is 0 Å². The zero-order valence-electron chi connectivity index (χ0n) is 15.3. The standard InChI is InChI=1S/C23H12Cl3N3O/c24-13-7-5-12(6-8-13)20-19-21(15-3-1-2-4-16(15)22(19)30)29-23(28-20)27-18-10-9-14(25)11-17(18)26/h1-11H,(H,27,28,29). The molecular weight excluding hydrogens is 441 g/mol. The van der Waals surface area contributed by atoms with E-state index in [9.17, 15) is 4.79 Å². The Bertz CT molecular complexity index is 1320. The van der Waals surface area contributed by atoms with Crippen molar-refractivity contribution in [3.8, 4) is 22.5 Å². The van der Waals surface area contributed by atoms with Crippen LogP contribution in [0, 0.1) is 0 Å². The summed E-state index contributed by atoms with van der Waals surface area (Å²) < 4.78 is 0. The first-order valence-electron chi connectivity index (χ1n) is 9.05. The van der Waals surface area contributed by atoms with E-state index in [-0.39, 0.29) is 5.78 Å². The summed E-state index contributed by atoms with van der Waals surface area (Å²) in [7, 11) is 0. The highest BCUT2D eigenvalue weighted by molar-refractivity contribution is 6.36. The molecule has 1 aromatic heterocycles. The lowest BCUT2D eigenvalue weighted by atomic mass is 10.0. The maximum absolute atomic E-state index is 13.1. The molecule has 146 valence electrons. The largest absolute Gasteiger partial charge is 0.323 e. The van der Waals surface area contributed by atoms with Crippen molar-refractivity contribution in [2.24, 2.45) is 0 Å². The Labute approximate surface area is 187 Å². The molecule has 5 rings (SSSR count). The van der Waals surface area contributed by atoms with Crippen molar-refractivity contribution in [2.75, 3.05) is 5.32 Å². The average Bonchev–Trinajstić information content (AvgIpc) is 3.03. The van der Waals surface area contributed by atoms with Gasteiger partial charge in [0, 0.05) is 26.7 Å². The minimum absolute atomic E-state index is 0.0957. The molecule has 3 aromatic carbocycles. The van der Waals surface area contributed by atoms with E-state index in [1.807, 2.05) is 30.3 Å². The van der Waals surface area contributed by atoms with Gasteiger partial charge in [0.15, 0.2) is 5.78 Å². The van der Waals surface area contributed by atoms with Gasteiger partial charge in [0.25, 0.3) is 0 Å². The minimum Gasteiger partial charge on any atom is -0.323 e. The van der Waals surface area contributed by atoms with Crippen molar-refractivity contribution in [1.29, 1.82) is 0 Å². The molecule has 30 heavy (non-hydrogen) atoms. The number of benzene rings is 3. The van der Waals surface area contributed by atoms with Crippen LogP contribution in [0.3, 0.4) is 0 Å². The molecule has 0 fully saturated rings. The number of ketones is 1. The molecule has 0 unspecified atom stereocenters. The Kier molecular flexibility index (Phi) is 4.70. The topological polar surface area (TPSA) is 54.9 Å². The molecule has 1 aliphatic carbocycles. The first kappa shape index (κ1) is 19.1. The quantitative estimate of drug-likeness (QED) is 0.318. The molecule has 0 bridgehead atoms. The average molecular weight is 453 g/mol. The molecular formula is C23H12Cl3N3O. The highest BCUT2D eigenvalue weighted by Crippen LogP contribution is 2.41. The van der Waals surface area contributed by atoms with Gasteiger partial charge in [0.05, 0.1) is 27.7 Å². The maximum Gasteiger partial charge on any atom is 0.228 e. The summed E-state index contributed by atoms with van der Waals surface area (Å²) >= 11 is 18.3. The predicted octanol–water partition coefficient (Wildman–Crippen LogP) is 7.06. The molecule has 0 aliphatic heterocycles. The molecule has 0 saturated heterocycles. The molecule has 0 saturated carbocycles. The maximum atomic E-state index is 13.1. The summed E-state index contributed by atoms with van der Waals surface area (Å²) in [6, 6.07) is 19.7. The second kappa shape index (κ2) is 7.40. The summed E-state index contributed by atoms with van der Waals surface area (Å²) in [6.07, 6.45) is 0. The van der Waals surface area contributed by atoms with Crippen molar-refractivity contribution in [3.63, 3.8) is 0 Å².